The van der Waals surface area contributed by atoms with Gasteiger partial charge in [-0.3, -0.25) is 19.6 Å². The number of carbonyl (C=O) groups excluding carboxylic acids is 1. The van der Waals surface area contributed by atoms with Crippen LogP contribution in [-0.2, 0) is 10.0 Å². The van der Waals surface area contributed by atoms with E-state index < -0.39 is 20.9 Å². The molecule has 3 aromatic rings. The average molecular weight is 495 g/mol. The van der Waals surface area contributed by atoms with Crippen LogP contribution in [0.4, 0.5) is 11.4 Å². The van der Waals surface area contributed by atoms with Crippen molar-refractivity contribution in [3.8, 4) is 5.75 Å². The van der Waals surface area contributed by atoms with E-state index >= 15 is 0 Å². The van der Waals surface area contributed by atoms with Gasteiger partial charge in [0.2, 0.25) is 0 Å². The zero-order valence-electron chi connectivity index (χ0n) is 18.6. The van der Waals surface area contributed by atoms with E-state index in [1.165, 1.54) is 60.8 Å². The lowest BCUT2D eigenvalue weighted by Crippen LogP contribution is -2.17. The van der Waals surface area contributed by atoms with Crippen LogP contribution in [0.15, 0.2) is 88.9 Å². The lowest BCUT2D eigenvalue weighted by molar-refractivity contribution is -0.385. The number of hydrazone groups is 1. The Morgan fingerprint density at radius 1 is 1.06 bits per heavy atom. The Hall–Kier alpha value is -4.51. The van der Waals surface area contributed by atoms with Gasteiger partial charge in [-0.2, -0.15) is 5.10 Å². The summed E-state index contributed by atoms with van der Waals surface area (Å²) in [7, 11) is -3.81. The molecule has 0 radical (unpaired) electrons. The van der Waals surface area contributed by atoms with E-state index in [2.05, 4.69) is 15.2 Å². The molecule has 0 saturated carbocycles. The molecule has 0 saturated heterocycles. The molecule has 2 N–H and O–H groups in total. The zero-order chi connectivity index (χ0) is 25.3. The summed E-state index contributed by atoms with van der Waals surface area (Å²) in [6, 6.07) is 18.1. The molecule has 0 aromatic heterocycles. The molecular weight excluding hydrogens is 472 g/mol. The number of para-hydroxylation sites is 1. The fourth-order valence-electron chi connectivity index (χ4n) is 2.93. The highest BCUT2D eigenvalue weighted by atomic mass is 32.2. The number of nitrogens with zero attached hydrogens (tertiary/aromatic N) is 2. The third-order valence-electron chi connectivity index (χ3n) is 4.58. The van der Waals surface area contributed by atoms with Crippen molar-refractivity contribution in [2.45, 2.75) is 11.8 Å². The van der Waals surface area contributed by atoms with Crippen molar-refractivity contribution < 1.29 is 22.9 Å². The van der Waals surface area contributed by atoms with Gasteiger partial charge in [0, 0.05) is 23.5 Å². The molecule has 0 atom stereocenters. The van der Waals surface area contributed by atoms with Gasteiger partial charge in [-0.15, -0.1) is 0 Å². The summed E-state index contributed by atoms with van der Waals surface area (Å²) in [6.07, 6.45) is 4.24. The molecule has 11 heteroatoms. The zero-order valence-corrected chi connectivity index (χ0v) is 19.4. The van der Waals surface area contributed by atoms with Crippen LogP contribution in [-0.4, -0.2) is 32.1 Å². The van der Waals surface area contributed by atoms with Gasteiger partial charge in [-0.1, -0.05) is 12.1 Å². The lowest BCUT2D eigenvalue weighted by atomic mass is 10.1. The van der Waals surface area contributed by atoms with Crippen LogP contribution in [0.25, 0.3) is 6.08 Å². The van der Waals surface area contributed by atoms with Crippen molar-refractivity contribution in [1.82, 2.24) is 5.43 Å². The molecule has 180 valence electrons. The molecular formula is C24H22N4O6S. The highest BCUT2D eigenvalue weighted by molar-refractivity contribution is 7.92. The first-order chi connectivity index (χ1) is 16.8. The normalized spacial score (nSPS) is 11.5. The van der Waals surface area contributed by atoms with Gasteiger partial charge in [-0.25, -0.2) is 13.8 Å². The van der Waals surface area contributed by atoms with E-state index in [1.807, 2.05) is 6.92 Å². The summed E-state index contributed by atoms with van der Waals surface area (Å²) in [4.78, 5) is 22.8. The molecule has 0 aliphatic carbocycles. The maximum atomic E-state index is 12.6. The van der Waals surface area contributed by atoms with Crippen molar-refractivity contribution in [1.29, 1.82) is 0 Å². The lowest BCUT2D eigenvalue weighted by Gasteiger charge is -2.09. The second-order valence-electron chi connectivity index (χ2n) is 6.98. The standard InChI is InChI=1S/C24H22N4O6S/c1-2-34-21-13-15-22(16-14-21)35(32,33)27-20-11-9-19(10-12-20)24(29)26-25-17-5-7-18-6-3-4-8-23(18)28(30)31/h3-17,27H,2H2,1H3,(H,26,29). The van der Waals surface area contributed by atoms with E-state index in [9.17, 15) is 23.3 Å². The Morgan fingerprint density at radius 2 is 1.74 bits per heavy atom. The molecule has 0 fully saturated rings. The third kappa shape index (κ3) is 6.98. The topological polar surface area (TPSA) is 140 Å². The van der Waals surface area contributed by atoms with E-state index in [0.29, 0.717) is 17.9 Å². The van der Waals surface area contributed by atoms with E-state index in [4.69, 9.17) is 4.74 Å². The number of sulfonamides is 1. The minimum absolute atomic E-state index is 0.0422. The summed E-state index contributed by atoms with van der Waals surface area (Å²) in [6.45, 7) is 2.31. The number of carbonyl (C=O) groups is 1. The Kier molecular flexibility index (Phi) is 8.30. The molecule has 3 aromatic carbocycles. The van der Waals surface area contributed by atoms with Crippen LogP contribution in [0.3, 0.4) is 0 Å². The largest absolute Gasteiger partial charge is 0.494 e. The van der Waals surface area contributed by atoms with Gasteiger partial charge in [0.05, 0.1) is 22.0 Å². The van der Waals surface area contributed by atoms with Crippen LogP contribution >= 0.6 is 0 Å². The quantitative estimate of drug-likeness (QED) is 0.246. The van der Waals surface area contributed by atoms with Crippen molar-refractivity contribution in [3.63, 3.8) is 0 Å². The maximum Gasteiger partial charge on any atom is 0.276 e. The third-order valence-corrected chi connectivity index (χ3v) is 5.98. The second-order valence-corrected chi connectivity index (χ2v) is 8.66. The molecule has 0 aliphatic rings. The number of nitro groups is 1. The molecule has 10 nitrogen and oxygen atoms in total. The smallest absolute Gasteiger partial charge is 0.276 e. The van der Waals surface area contributed by atoms with Gasteiger partial charge in [0.25, 0.3) is 21.6 Å². The number of anilines is 1. The number of benzene rings is 3. The van der Waals surface area contributed by atoms with E-state index in [-0.39, 0.29) is 21.8 Å². The number of allylic oxidation sites excluding steroid dienone is 1. The van der Waals surface area contributed by atoms with E-state index in [0.717, 1.165) is 0 Å². The number of nitro benzene ring substituents is 1. The van der Waals surface area contributed by atoms with Crippen molar-refractivity contribution in [3.05, 3.63) is 100 Å². The summed E-state index contributed by atoms with van der Waals surface area (Å²) in [5.74, 6) is 0.0580. The fourth-order valence-corrected chi connectivity index (χ4v) is 3.99. The Labute approximate surface area is 202 Å². The summed E-state index contributed by atoms with van der Waals surface area (Å²) in [5.41, 5.74) is 3.23. The molecule has 35 heavy (non-hydrogen) atoms. The summed E-state index contributed by atoms with van der Waals surface area (Å²) >= 11 is 0. The maximum absolute atomic E-state index is 12.6. The molecule has 0 heterocycles. The summed E-state index contributed by atoms with van der Waals surface area (Å²) < 4.78 is 32.9. The molecule has 3 rings (SSSR count). The molecule has 0 bridgehead atoms. The van der Waals surface area contributed by atoms with Crippen LogP contribution in [0.2, 0.25) is 0 Å². The second kappa shape index (κ2) is 11.6. The average Bonchev–Trinajstić information content (AvgIpc) is 2.84. The van der Waals surface area contributed by atoms with Gasteiger partial charge < -0.3 is 4.74 Å². The van der Waals surface area contributed by atoms with Crippen LogP contribution in [0, 0.1) is 10.1 Å². The fraction of sp³-hybridized carbons (Fsp3) is 0.0833. The Balaban J connectivity index is 1.57. The van der Waals surface area contributed by atoms with Crippen LogP contribution < -0.4 is 14.9 Å². The Bertz CT molecular complexity index is 1350. The van der Waals surface area contributed by atoms with Crippen LogP contribution in [0.1, 0.15) is 22.8 Å². The first-order valence-corrected chi connectivity index (χ1v) is 11.9. The molecule has 0 unspecified atom stereocenters. The Morgan fingerprint density at radius 3 is 2.40 bits per heavy atom. The highest BCUT2D eigenvalue weighted by Gasteiger charge is 2.15. The minimum atomic E-state index is -3.81. The number of rotatable bonds is 10. The SMILES string of the molecule is CCOc1ccc(S(=O)(=O)Nc2ccc(C(=O)NN=CC=Cc3ccccc3[N+](=O)[O-])cc2)cc1. The van der Waals surface area contributed by atoms with Gasteiger partial charge >= 0.3 is 0 Å². The van der Waals surface area contributed by atoms with E-state index in [1.54, 1.807) is 30.3 Å². The number of hydrogen-bond donors (Lipinski definition) is 2. The van der Waals surface area contributed by atoms with Gasteiger partial charge in [-0.05, 0) is 73.7 Å². The predicted octanol–water partition coefficient (Wildman–Crippen LogP) is 4.22. The first-order valence-electron chi connectivity index (χ1n) is 10.4. The van der Waals surface area contributed by atoms with Gasteiger partial charge in [0.15, 0.2) is 0 Å². The van der Waals surface area contributed by atoms with Crippen molar-refractivity contribution in [2.24, 2.45) is 5.10 Å². The number of nitrogens with one attached hydrogen (secondary N) is 2. The van der Waals surface area contributed by atoms with Crippen molar-refractivity contribution >= 4 is 39.6 Å². The molecule has 0 aliphatic heterocycles. The minimum Gasteiger partial charge on any atom is -0.494 e. The van der Waals surface area contributed by atoms with Crippen LogP contribution in [0.5, 0.6) is 5.75 Å². The predicted molar refractivity (Wildman–Crippen MR) is 133 cm³/mol. The molecule has 0 spiro atoms. The molecule has 1 amide bonds. The van der Waals surface area contributed by atoms with Gasteiger partial charge in [0.1, 0.15) is 5.75 Å². The van der Waals surface area contributed by atoms with Crippen molar-refractivity contribution in [2.75, 3.05) is 11.3 Å². The number of hydrogen-bond acceptors (Lipinski definition) is 7. The first kappa shape index (κ1) is 25.1. The monoisotopic (exact) mass is 494 g/mol. The highest BCUT2D eigenvalue weighted by Crippen LogP contribution is 2.20. The number of ether oxygens (including phenoxy) is 1. The summed E-state index contributed by atoms with van der Waals surface area (Å²) in [5, 5.41) is 14.8. The number of amides is 1.